The smallest absolute Gasteiger partial charge is 0.234 e. The predicted molar refractivity (Wildman–Crippen MR) is 65.6 cm³/mol. The largest absolute Gasteiger partial charge is 0.481 e. The lowest BCUT2D eigenvalue weighted by atomic mass is 10.2. The van der Waals surface area contributed by atoms with Gasteiger partial charge in [-0.15, -0.1) is 0 Å². The number of rotatable bonds is 5. The van der Waals surface area contributed by atoms with Crippen LogP contribution in [0.3, 0.4) is 0 Å². The number of hydrogen-bond acceptors (Lipinski definition) is 3. The number of carbonyl (C=O) groups is 1. The van der Waals surface area contributed by atoms with Gasteiger partial charge in [-0.3, -0.25) is 4.79 Å². The van der Waals surface area contributed by atoms with Crippen molar-refractivity contribution in [1.29, 1.82) is 0 Å². The summed E-state index contributed by atoms with van der Waals surface area (Å²) < 4.78 is 4.94. The van der Waals surface area contributed by atoms with Gasteiger partial charge in [0.05, 0.1) is 11.9 Å². The third kappa shape index (κ3) is 3.81. The average Bonchev–Trinajstić information content (AvgIpc) is 2.35. The average molecular weight is 287 g/mol. The van der Waals surface area contributed by atoms with E-state index in [-0.39, 0.29) is 10.7 Å². The molecule has 1 aromatic heterocycles. The summed E-state index contributed by atoms with van der Waals surface area (Å²) in [5.41, 5.74) is 0.949. The van der Waals surface area contributed by atoms with Crippen LogP contribution in [0.4, 0.5) is 0 Å². The molecule has 0 aliphatic carbocycles. The van der Waals surface area contributed by atoms with E-state index in [0.717, 1.165) is 12.0 Å². The highest BCUT2D eigenvalue weighted by atomic mass is 79.9. The van der Waals surface area contributed by atoms with Crippen LogP contribution in [0.2, 0.25) is 0 Å². The van der Waals surface area contributed by atoms with Crippen LogP contribution in [0, 0.1) is 0 Å². The summed E-state index contributed by atoms with van der Waals surface area (Å²) in [6.45, 7) is 2.44. The van der Waals surface area contributed by atoms with Crippen LogP contribution in [0.5, 0.6) is 5.88 Å². The Bertz CT molecular complexity index is 340. The van der Waals surface area contributed by atoms with E-state index >= 15 is 0 Å². The number of methoxy groups -OCH3 is 1. The van der Waals surface area contributed by atoms with Gasteiger partial charge in [-0.1, -0.05) is 28.9 Å². The van der Waals surface area contributed by atoms with Crippen molar-refractivity contribution in [3.8, 4) is 5.88 Å². The van der Waals surface area contributed by atoms with Gasteiger partial charge in [0.2, 0.25) is 11.8 Å². The SMILES string of the molecule is CCC(Br)C(=O)NCc1ccc(OC)nc1. The second-order valence-electron chi connectivity index (χ2n) is 3.30. The van der Waals surface area contributed by atoms with Crippen LogP contribution in [0.15, 0.2) is 18.3 Å². The van der Waals surface area contributed by atoms with Crippen LogP contribution in [0.1, 0.15) is 18.9 Å². The monoisotopic (exact) mass is 286 g/mol. The Kier molecular flexibility index (Phi) is 5.25. The number of halogens is 1. The van der Waals surface area contributed by atoms with Crippen LogP contribution in [-0.2, 0) is 11.3 Å². The molecule has 1 N–H and O–H groups in total. The first-order chi connectivity index (χ1) is 7.67. The fourth-order valence-electron chi connectivity index (χ4n) is 1.12. The molecule has 0 spiro atoms. The minimum absolute atomic E-state index is 0.00156. The molecule has 0 saturated carbocycles. The number of amides is 1. The van der Waals surface area contributed by atoms with Crippen LogP contribution >= 0.6 is 15.9 Å². The van der Waals surface area contributed by atoms with Gasteiger partial charge in [0.25, 0.3) is 0 Å². The van der Waals surface area contributed by atoms with E-state index in [9.17, 15) is 4.79 Å². The first-order valence-corrected chi connectivity index (χ1v) is 5.99. The lowest BCUT2D eigenvalue weighted by molar-refractivity contribution is -0.120. The number of carbonyl (C=O) groups excluding carboxylic acids is 1. The first-order valence-electron chi connectivity index (χ1n) is 5.08. The van der Waals surface area contributed by atoms with E-state index < -0.39 is 0 Å². The molecule has 1 atom stereocenters. The maximum Gasteiger partial charge on any atom is 0.234 e. The molecule has 0 aliphatic heterocycles. The zero-order chi connectivity index (χ0) is 12.0. The molecular weight excluding hydrogens is 272 g/mol. The highest BCUT2D eigenvalue weighted by Gasteiger charge is 2.11. The molecule has 1 aromatic rings. The summed E-state index contributed by atoms with van der Waals surface area (Å²) >= 11 is 3.29. The van der Waals surface area contributed by atoms with Crippen molar-refractivity contribution in [2.45, 2.75) is 24.7 Å². The van der Waals surface area contributed by atoms with Crippen molar-refractivity contribution in [1.82, 2.24) is 10.3 Å². The summed E-state index contributed by atoms with van der Waals surface area (Å²) in [6, 6.07) is 3.65. The maximum absolute atomic E-state index is 11.5. The Morgan fingerprint density at radius 3 is 2.88 bits per heavy atom. The number of alkyl halides is 1. The molecule has 1 amide bonds. The zero-order valence-corrected chi connectivity index (χ0v) is 11.0. The van der Waals surface area contributed by atoms with Gasteiger partial charge >= 0.3 is 0 Å². The lowest BCUT2D eigenvalue weighted by Gasteiger charge is -2.08. The fourth-order valence-corrected chi connectivity index (χ4v) is 1.28. The number of nitrogens with one attached hydrogen (secondary N) is 1. The molecule has 16 heavy (non-hydrogen) atoms. The summed E-state index contributed by atoms with van der Waals surface area (Å²) in [4.78, 5) is 15.4. The van der Waals surface area contributed by atoms with Crippen LogP contribution in [-0.4, -0.2) is 22.8 Å². The molecule has 0 aliphatic rings. The van der Waals surface area contributed by atoms with E-state index in [4.69, 9.17) is 4.74 Å². The maximum atomic E-state index is 11.5. The molecule has 4 nitrogen and oxygen atoms in total. The third-order valence-electron chi connectivity index (χ3n) is 2.12. The van der Waals surface area contributed by atoms with E-state index in [2.05, 4.69) is 26.2 Å². The van der Waals surface area contributed by atoms with E-state index in [0.29, 0.717) is 12.4 Å². The Morgan fingerprint density at radius 2 is 2.38 bits per heavy atom. The van der Waals surface area contributed by atoms with Crippen molar-refractivity contribution in [3.63, 3.8) is 0 Å². The number of hydrogen-bond donors (Lipinski definition) is 1. The zero-order valence-electron chi connectivity index (χ0n) is 9.37. The highest BCUT2D eigenvalue weighted by Crippen LogP contribution is 2.07. The van der Waals surface area contributed by atoms with Crippen molar-refractivity contribution in [2.24, 2.45) is 0 Å². The number of ether oxygens (including phenoxy) is 1. The van der Waals surface area contributed by atoms with Gasteiger partial charge in [0.15, 0.2) is 0 Å². The summed E-state index contributed by atoms with van der Waals surface area (Å²) in [6.07, 6.45) is 2.46. The Balaban J connectivity index is 2.45. The van der Waals surface area contributed by atoms with Crippen molar-refractivity contribution >= 4 is 21.8 Å². The van der Waals surface area contributed by atoms with Gasteiger partial charge in [0, 0.05) is 18.8 Å². The van der Waals surface area contributed by atoms with Crippen LogP contribution in [0.25, 0.3) is 0 Å². The normalized spacial score (nSPS) is 11.9. The third-order valence-corrected chi connectivity index (χ3v) is 3.18. The molecular formula is C11H15BrN2O2. The van der Waals surface area contributed by atoms with Gasteiger partial charge in [-0.2, -0.15) is 0 Å². The number of aromatic nitrogens is 1. The minimum atomic E-state index is -0.126. The van der Waals surface area contributed by atoms with E-state index in [1.165, 1.54) is 0 Å². The Hall–Kier alpha value is -1.10. The first kappa shape index (κ1) is 13.0. The topological polar surface area (TPSA) is 51.2 Å². The highest BCUT2D eigenvalue weighted by molar-refractivity contribution is 9.10. The number of nitrogens with zero attached hydrogens (tertiary/aromatic N) is 1. The Labute approximate surface area is 104 Å². The minimum Gasteiger partial charge on any atom is -0.481 e. The van der Waals surface area contributed by atoms with Gasteiger partial charge in [-0.05, 0) is 12.0 Å². The van der Waals surface area contributed by atoms with Gasteiger partial charge in [-0.25, -0.2) is 4.98 Å². The fraction of sp³-hybridized carbons (Fsp3) is 0.455. The molecule has 0 aromatic carbocycles. The second kappa shape index (κ2) is 6.48. The summed E-state index contributed by atoms with van der Waals surface area (Å²) in [7, 11) is 1.57. The molecule has 0 saturated heterocycles. The molecule has 5 heteroatoms. The molecule has 0 fully saturated rings. The molecule has 0 radical (unpaired) electrons. The van der Waals surface area contributed by atoms with E-state index in [1.807, 2.05) is 13.0 Å². The molecule has 88 valence electrons. The van der Waals surface area contributed by atoms with Crippen LogP contribution < -0.4 is 10.1 Å². The van der Waals surface area contributed by atoms with Crippen molar-refractivity contribution in [3.05, 3.63) is 23.9 Å². The van der Waals surface area contributed by atoms with Gasteiger partial charge < -0.3 is 10.1 Å². The van der Waals surface area contributed by atoms with E-state index in [1.54, 1.807) is 19.4 Å². The van der Waals surface area contributed by atoms with Crippen molar-refractivity contribution < 1.29 is 9.53 Å². The Morgan fingerprint density at radius 1 is 1.62 bits per heavy atom. The predicted octanol–water partition coefficient (Wildman–Crippen LogP) is 1.88. The number of pyridine rings is 1. The molecule has 1 rings (SSSR count). The standard InChI is InChI=1S/C11H15BrN2O2/c1-3-9(12)11(15)14-7-8-4-5-10(16-2)13-6-8/h4-6,9H,3,7H2,1-2H3,(H,14,15). The summed E-state index contributed by atoms with van der Waals surface area (Å²) in [5.74, 6) is 0.570. The van der Waals surface area contributed by atoms with Gasteiger partial charge in [0.1, 0.15) is 0 Å². The lowest BCUT2D eigenvalue weighted by Crippen LogP contribution is -2.30. The molecule has 1 unspecified atom stereocenters. The molecule has 0 bridgehead atoms. The summed E-state index contributed by atoms with van der Waals surface area (Å²) in [5, 5.41) is 2.82. The quantitative estimate of drug-likeness (QED) is 0.841. The molecule has 1 heterocycles. The second-order valence-corrected chi connectivity index (χ2v) is 4.41. The van der Waals surface area contributed by atoms with Crippen molar-refractivity contribution in [2.75, 3.05) is 7.11 Å².